The normalized spacial score (nSPS) is 40.2. The van der Waals surface area contributed by atoms with Crippen LogP contribution in [0, 0.1) is 4.64 Å². The second kappa shape index (κ2) is 8.96. The molecule has 1 unspecified atom stereocenters. The quantitative estimate of drug-likeness (QED) is 0.187. The monoisotopic (exact) mass is 476 g/mol. The Hall–Kier alpha value is -1.63. The third-order valence-corrected chi connectivity index (χ3v) is 6.10. The number of hydrogen-bond acceptors (Lipinski definition) is 13. The van der Waals surface area contributed by atoms with Crippen LogP contribution in [0.4, 0.5) is 0 Å². The molecule has 0 aliphatic carbocycles. The third-order valence-electron chi connectivity index (χ3n) is 5.80. The number of aliphatic hydroxyl groups is 7. The van der Waals surface area contributed by atoms with Gasteiger partial charge in [-0.3, -0.25) is 4.57 Å². The van der Waals surface area contributed by atoms with Crippen molar-refractivity contribution in [3.8, 4) is 0 Å². The Balaban J connectivity index is 1.67. The van der Waals surface area contributed by atoms with E-state index in [1.807, 2.05) is 0 Å². The van der Waals surface area contributed by atoms with Crippen LogP contribution in [0.5, 0.6) is 0 Å². The van der Waals surface area contributed by atoms with Gasteiger partial charge in [0.1, 0.15) is 53.9 Å². The van der Waals surface area contributed by atoms with E-state index >= 15 is 0 Å². The Labute approximate surface area is 185 Å². The molecule has 9 atom stereocenters. The summed E-state index contributed by atoms with van der Waals surface area (Å²) in [6, 6.07) is 0. The molecule has 4 heterocycles. The molecule has 14 nitrogen and oxygen atoms in total. The fraction of sp³-hybridized carbons (Fsp3) is 0.706. The molecule has 32 heavy (non-hydrogen) atoms. The molecular formula is C17H24N4O10S. The topological polar surface area (TPSA) is 216 Å². The minimum Gasteiger partial charge on any atom is -0.394 e. The number of aromatic amines is 1. The molecule has 178 valence electrons. The van der Waals surface area contributed by atoms with Crippen molar-refractivity contribution >= 4 is 23.4 Å². The smallest absolute Gasteiger partial charge is 0.199 e. The van der Waals surface area contributed by atoms with Gasteiger partial charge in [-0.15, -0.1) is 0 Å². The highest BCUT2D eigenvalue weighted by Crippen LogP contribution is 2.39. The number of rotatable bonds is 6. The van der Waals surface area contributed by atoms with Gasteiger partial charge < -0.3 is 54.9 Å². The first-order valence-electron chi connectivity index (χ1n) is 9.73. The van der Waals surface area contributed by atoms with E-state index in [9.17, 15) is 35.7 Å². The highest BCUT2D eigenvalue weighted by molar-refractivity contribution is 7.71. The first-order chi connectivity index (χ1) is 15.3. The predicted molar refractivity (Wildman–Crippen MR) is 104 cm³/mol. The first kappa shape index (κ1) is 23.5. The summed E-state index contributed by atoms with van der Waals surface area (Å²) in [5, 5.41) is 70.7. The molecule has 0 saturated carbocycles. The Kier molecular flexibility index (Phi) is 6.59. The van der Waals surface area contributed by atoms with Crippen LogP contribution in [0.1, 0.15) is 0 Å². The summed E-state index contributed by atoms with van der Waals surface area (Å²) in [4.78, 5) is 10.9. The molecule has 2 aromatic heterocycles. The van der Waals surface area contributed by atoms with Crippen molar-refractivity contribution in [3.63, 3.8) is 0 Å². The molecule has 2 aromatic rings. The van der Waals surface area contributed by atoms with Gasteiger partial charge in [-0.2, -0.15) is 0 Å². The Morgan fingerprint density at radius 3 is 2.44 bits per heavy atom. The van der Waals surface area contributed by atoms with Crippen LogP contribution in [-0.4, -0.2) is 124 Å². The molecule has 2 aliphatic rings. The van der Waals surface area contributed by atoms with E-state index in [1.54, 1.807) is 0 Å². The maximum Gasteiger partial charge on any atom is 0.199 e. The van der Waals surface area contributed by atoms with Crippen LogP contribution in [0.2, 0.25) is 0 Å². The molecule has 2 aliphatic heterocycles. The maximum absolute atomic E-state index is 11.1. The van der Waals surface area contributed by atoms with Crippen molar-refractivity contribution < 1.29 is 50.0 Å². The third kappa shape index (κ3) is 3.55. The molecule has 0 aromatic carbocycles. The summed E-state index contributed by atoms with van der Waals surface area (Å²) in [6.45, 7) is -2.09. The zero-order chi connectivity index (χ0) is 23.2. The first-order valence-corrected chi connectivity index (χ1v) is 10.1. The van der Waals surface area contributed by atoms with Gasteiger partial charge in [0.15, 0.2) is 16.7 Å². The van der Waals surface area contributed by atoms with E-state index in [2.05, 4.69) is 15.0 Å². The number of aromatic nitrogens is 4. The number of imidazole rings is 1. The van der Waals surface area contributed by atoms with E-state index in [1.165, 1.54) is 17.2 Å². The summed E-state index contributed by atoms with van der Waals surface area (Å²) in [6.07, 6.45) is -9.50. The molecule has 0 bridgehead atoms. The summed E-state index contributed by atoms with van der Waals surface area (Å²) in [5.41, 5.74) is -1.31. The summed E-state index contributed by atoms with van der Waals surface area (Å²) in [7, 11) is 0. The van der Waals surface area contributed by atoms with E-state index < -0.39 is 74.6 Å². The minimum absolute atomic E-state index is 0.172. The molecular weight excluding hydrogens is 452 g/mol. The van der Waals surface area contributed by atoms with E-state index in [4.69, 9.17) is 26.4 Å². The van der Waals surface area contributed by atoms with Crippen molar-refractivity contribution in [1.29, 1.82) is 0 Å². The zero-order valence-corrected chi connectivity index (χ0v) is 17.3. The van der Waals surface area contributed by atoms with Gasteiger partial charge in [0, 0.05) is 0 Å². The van der Waals surface area contributed by atoms with Crippen molar-refractivity contribution in [2.45, 2.75) is 54.7 Å². The lowest BCUT2D eigenvalue weighted by Gasteiger charge is -2.41. The molecule has 15 heteroatoms. The lowest BCUT2D eigenvalue weighted by molar-refractivity contribution is -0.318. The van der Waals surface area contributed by atoms with Gasteiger partial charge in [0.25, 0.3) is 0 Å². The molecule has 0 radical (unpaired) electrons. The van der Waals surface area contributed by atoms with Crippen LogP contribution >= 0.6 is 12.2 Å². The van der Waals surface area contributed by atoms with Gasteiger partial charge in [0.2, 0.25) is 0 Å². The predicted octanol–water partition coefficient (Wildman–Crippen LogP) is -3.93. The van der Waals surface area contributed by atoms with E-state index in [0.717, 1.165) is 0 Å². The SMILES string of the molecule is OC[C@@H]1O[C@H](O[C@@H]2[C@@H](CO)OC(CO)(n3cnc4c(=S)nc[nH]c43)[C@H]2O)[C@@H](O)[C@H](O)[C@@H]1O. The van der Waals surface area contributed by atoms with Crippen molar-refractivity contribution in [1.82, 2.24) is 19.5 Å². The van der Waals surface area contributed by atoms with Crippen LogP contribution < -0.4 is 0 Å². The van der Waals surface area contributed by atoms with Crippen LogP contribution in [0.3, 0.4) is 0 Å². The van der Waals surface area contributed by atoms with Gasteiger partial charge >= 0.3 is 0 Å². The van der Waals surface area contributed by atoms with E-state index in [0.29, 0.717) is 0 Å². The van der Waals surface area contributed by atoms with E-state index in [-0.39, 0.29) is 15.8 Å². The molecule has 4 rings (SSSR count). The molecule has 0 spiro atoms. The van der Waals surface area contributed by atoms with Crippen molar-refractivity contribution in [2.75, 3.05) is 19.8 Å². The van der Waals surface area contributed by atoms with Gasteiger partial charge in [-0.25, -0.2) is 9.97 Å². The standard InChI is InChI=1S/C17H24N4O10S/c22-1-6-9(25)10(26)11(27)16(29-6)30-12-7(2-23)31-17(3-24,13(12)28)21-5-20-8-14(21)18-4-19-15(8)32/h4-7,9-13,16,22-28H,1-3H2,(H,18,19,32)/t6-,7+,9+,10+,11-,12+,13-,16+,17?/m0/s1. The highest BCUT2D eigenvalue weighted by atomic mass is 32.1. The zero-order valence-electron chi connectivity index (χ0n) is 16.5. The maximum atomic E-state index is 11.1. The number of fused-ring (bicyclic) bond motifs is 1. The summed E-state index contributed by atoms with van der Waals surface area (Å²) in [5.74, 6) is 0. The van der Waals surface area contributed by atoms with Crippen LogP contribution in [-0.2, 0) is 19.9 Å². The number of nitrogens with zero attached hydrogens (tertiary/aromatic N) is 3. The Morgan fingerprint density at radius 1 is 1.06 bits per heavy atom. The molecule has 8 N–H and O–H groups in total. The van der Waals surface area contributed by atoms with Gasteiger partial charge in [-0.1, -0.05) is 12.2 Å². The summed E-state index contributed by atoms with van der Waals surface area (Å²) >= 11 is 5.13. The molecule has 2 fully saturated rings. The Morgan fingerprint density at radius 2 is 1.78 bits per heavy atom. The minimum atomic E-state index is -1.87. The van der Waals surface area contributed by atoms with Crippen LogP contribution in [0.25, 0.3) is 11.2 Å². The van der Waals surface area contributed by atoms with Gasteiger partial charge in [-0.05, 0) is 0 Å². The second-order valence-electron chi connectivity index (χ2n) is 7.60. The lowest BCUT2D eigenvalue weighted by atomic mass is 9.98. The molecule has 2 saturated heterocycles. The lowest BCUT2D eigenvalue weighted by Crippen LogP contribution is -2.60. The second-order valence-corrected chi connectivity index (χ2v) is 7.99. The Bertz CT molecular complexity index is 1000. The number of H-pyrrole nitrogens is 1. The van der Waals surface area contributed by atoms with Crippen molar-refractivity contribution in [3.05, 3.63) is 17.3 Å². The number of nitrogens with one attached hydrogen (secondary N) is 1. The largest absolute Gasteiger partial charge is 0.394 e. The summed E-state index contributed by atoms with van der Waals surface area (Å²) < 4.78 is 18.3. The number of hydrogen-bond donors (Lipinski definition) is 8. The van der Waals surface area contributed by atoms with Crippen LogP contribution in [0.15, 0.2) is 12.7 Å². The molecule has 0 amide bonds. The van der Waals surface area contributed by atoms with Crippen molar-refractivity contribution in [2.24, 2.45) is 0 Å². The highest BCUT2D eigenvalue weighted by Gasteiger charge is 2.58. The number of aliphatic hydroxyl groups excluding tert-OH is 7. The fourth-order valence-corrected chi connectivity index (χ4v) is 4.25. The average Bonchev–Trinajstić information content (AvgIpc) is 3.35. The fourth-order valence-electron chi connectivity index (χ4n) is 4.05. The number of ether oxygens (including phenoxy) is 3. The van der Waals surface area contributed by atoms with Gasteiger partial charge in [0.05, 0.1) is 32.5 Å². The average molecular weight is 476 g/mol.